The number of aryl methyl sites for hydroxylation is 1. The number of nitrogens with one attached hydrogen (secondary N) is 1. The number of carbonyl (C=O) groups is 1. The Balaban J connectivity index is 1.59. The van der Waals surface area contributed by atoms with Gasteiger partial charge in [-0.05, 0) is 47.7 Å². The number of rotatable bonds is 3. The summed E-state index contributed by atoms with van der Waals surface area (Å²) in [5.74, 6) is -0.102. The largest absolute Gasteiger partial charge is 0.423 e. The van der Waals surface area contributed by atoms with E-state index >= 15 is 0 Å². The molecule has 4 heteroatoms. The van der Waals surface area contributed by atoms with E-state index in [4.69, 9.17) is 4.65 Å². The normalized spacial score (nSPS) is 12.8. The van der Waals surface area contributed by atoms with Gasteiger partial charge in [0.2, 0.25) is 0 Å². The number of anilines is 1. The van der Waals surface area contributed by atoms with E-state index in [9.17, 15) is 4.79 Å². The average molecular weight is 327 g/mol. The zero-order valence-corrected chi connectivity index (χ0v) is 14.0. The standard InChI is InChI=1S/C21H18BNO2/c1-15-7-9-16(10-8-15)21(24)23-19-12-11-17-14-25-22(20(17)13-19)18-5-3-2-4-6-18/h2-13H,14H2,1H3,(H,23,24). The van der Waals surface area contributed by atoms with Crippen LogP contribution in [0, 0.1) is 6.92 Å². The molecule has 0 aromatic heterocycles. The molecule has 0 bridgehead atoms. The highest BCUT2D eigenvalue weighted by atomic mass is 16.4. The van der Waals surface area contributed by atoms with Crippen LogP contribution in [-0.4, -0.2) is 12.8 Å². The fraction of sp³-hybridized carbons (Fsp3) is 0.0952. The lowest BCUT2D eigenvalue weighted by molar-refractivity contribution is 0.102. The Hall–Kier alpha value is -2.85. The number of carbonyl (C=O) groups excluding carboxylic acids is 1. The van der Waals surface area contributed by atoms with E-state index in [0.29, 0.717) is 12.2 Å². The first-order chi connectivity index (χ1) is 12.2. The molecule has 1 N–H and O–H groups in total. The SMILES string of the molecule is Cc1ccc(C(=O)Nc2ccc3c(c2)B(c2ccccc2)OC3)cc1. The van der Waals surface area contributed by atoms with E-state index in [0.717, 1.165) is 22.2 Å². The third-order valence-corrected chi connectivity index (χ3v) is 4.51. The van der Waals surface area contributed by atoms with E-state index in [1.807, 2.05) is 67.6 Å². The van der Waals surface area contributed by atoms with Gasteiger partial charge in [0.15, 0.2) is 0 Å². The second-order valence-electron chi connectivity index (χ2n) is 6.34. The van der Waals surface area contributed by atoms with Crippen LogP contribution in [0.2, 0.25) is 0 Å². The molecule has 0 radical (unpaired) electrons. The van der Waals surface area contributed by atoms with Crippen molar-refractivity contribution in [3.63, 3.8) is 0 Å². The summed E-state index contributed by atoms with van der Waals surface area (Å²) in [6, 6.07) is 23.7. The number of benzene rings is 3. The van der Waals surface area contributed by atoms with Gasteiger partial charge in [-0.1, -0.05) is 54.1 Å². The Labute approximate surface area is 147 Å². The molecule has 3 nitrogen and oxygen atoms in total. The predicted molar refractivity (Wildman–Crippen MR) is 102 cm³/mol. The summed E-state index contributed by atoms with van der Waals surface area (Å²) in [5.41, 5.74) is 5.99. The number of hydrogen-bond acceptors (Lipinski definition) is 2. The third kappa shape index (κ3) is 3.21. The topological polar surface area (TPSA) is 38.3 Å². The minimum Gasteiger partial charge on any atom is -0.423 e. The molecule has 3 aromatic carbocycles. The van der Waals surface area contributed by atoms with E-state index in [-0.39, 0.29) is 12.8 Å². The number of fused-ring (bicyclic) bond motifs is 1. The summed E-state index contributed by atoms with van der Waals surface area (Å²) in [6.07, 6.45) is 0. The minimum absolute atomic E-state index is 0.0765. The third-order valence-electron chi connectivity index (χ3n) is 4.51. The molecule has 0 unspecified atom stereocenters. The van der Waals surface area contributed by atoms with Crippen molar-refractivity contribution in [3.8, 4) is 0 Å². The summed E-state index contributed by atoms with van der Waals surface area (Å²) in [7, 11) is 0. The van der Waals surface area contributed by atoms with Crippen LogP contribution in [0.3, 0.4) is 0 Å². The van der Waals surface area contributed by atoms with Crippen molar-refractivity contribution in [2.75, 3.05) is 5.32 Å². The molecule has 122 valence electrons. The molecule has 4 rings (SSSR count). The zero-order chi connectivity index (χ0) is 17.2. The van der Waals surface area contributed by atoms with Crippen molar-refractivity contribution >= 4 is 29.4 Å². The summed E-state index contributed by atoms with van der Waals surface area (Å²) < 4.78 is 5.95. The molecule has 3 aromatic rings. The van der Waals surface area contributed by atoms with Crippen molar-refractivity contribution in [3.05, 3.63) is 89.5 Å². The van der Waals surface area contributed by atoms with Gasteiger partial charge < -0.3 is 9.97 Å². The van der Waals surface area contributed by atoms with E-state index < -0.39 is 0 Å². The zero-order valence-electron chi connectivity index (χ0n) is 14.0. The fourth-order valence-electron chi connectivity index (χ4n) is 3.12. The van der Waals surface area contributed by atoms with Crippen LogP contribution in [0.4, 0.5) is 5.69 Å². The van der Waals surface area contributed by atoms with Gasteiger partial charge >= 0.3 is 6.92 Å². The summed E-state index contributed by atoms with van der Waals surface area (Å²) in [6.45, 7) is 2.53. The first-order valence-corrected chi connectivity index (χ1v) is 8.38. The maximum absolute atomic E-state index is 12.4. The smallest absolute Gasteiger partial charge is 0.362 e. The number of hydrogen-bond donors (Lipinski definition) is 1. The van der Waals surface area contributed by atoms with Gasteiger partial charge in [-0.2, -0.15) is 0 Å². The lowest BCUT2D eigenvalue weighted by Crippen LogP contribution is -2.41. The first-order valence-electron chi connectivity index (χ1n) is 8.38. The summed E-state index contributed by atoms with van der Waals surface area (Å²) in [5, 5.41) is 2.98. The van der Waals surface area contributed by atoms with Crippen LogP contribution >= 0.6 is 0 Å². The van der Waals surface area contributed by atoms with Gasteiger partial charge in [0.25, 0.3) is 5.91 Å². The molecule has 0 fully saturated rings. The molecule has 0 spiro atoms. The van der Waals surface area contributed by atoms with Crippen LogP contribution in [0.5, 0.6) is 0 Å². The average Bonchev–Trinajstić information content (AvgIpc) is 3.06. The lowest BCUT2D eigenvalue weighted by atomic mass is 9.56. The molecular weight excluding hydrogens is 309 g/mol. The molecule has 0 saturated heterocycles. The van der Waals surface area contributed by atoms with Gasteiger partial charge in [-0.25, -0.2) is 0 Å². The van der Waals surface area contributed by atoms with Gasteiger partial charge in [0.05, 0.1) is 6.61 Å². The Morgan fingerprint density at radius 3 is 2.52 bits per heavy atom. The molecule has 1 heterocycles. The molecule has 1 aliphatic heterocycles. The maximum Gasteiger partial charge on any atom is 0.362 e. The highest BCUT2D eigenvalue weighted by Gasteiger charge is 2.30. The van der Waals surface area contributed by atoms with Crippen molar-refractivity contribution in [2.45, 2.75) is 13.5 Å². The van der Waals surface area contributed by atoms with Crippen molar-refractivity contribution < 1.29 is 9.45 Å². The van der Waals surface area contributed by atoms with Gasteiger partial charge in [0, 0.05) is 11.3 Å². The lowest BCUT2D eigenvalue weighted by Gasteiger charge is -2.10. The summed E-state index contributed by atoms with van der Waals surface area (Å²) in [4.78, 5) is 12.4. The van der Waals surface area contributed by atoms with Crippen molar-refractivity contribution in [1.82, 2.24) is 0 Å². The Morgan fingerprint density at radius 1 is 1.00 bits per heavy atom. The predicted octanol–water partition coefficient (Wildman–Crippen LogP) is 2.88. The maximum atomic E-state index is 12.4. The van der Waals surface area contributed by atoms with Crippen LogP contribution in [0.1, 0.15) is 21.5 Å². The molecular formula is C21H18BNO2. The molecule has 25 heavy (non-hydrogen) atoms. The quantitative estimate of drug-likeness (QED) is 0.751. The van der Waals surface area contributed by atoms with Crippen molar-refractivity contribution in [1.29, 1.82) is 0 Å². The fourth-order valence-corrected chi connectivity index (χ4v) is 3.12. The van der Waals surface area contributed by atoms with Crippen LogP contribution in [0.25, 0.3) is 0 Å². The van der Waals surface area contributed by atoms with E-state index in [1.165, 1.54) is 5.56 Å². The summed E-state index contributed by atoms with van der Waals surface area (Å²) >= 11 is 0. The molecule has 0 aliphatic carbocycles. The molecule has 0 atom stereocenters. The van der Waals surface area contributed by atoms with Crippen LogP contribution in [0.15, 0.2) is 72.8 Å². The molecule has 1 aliphatic rings. The van der Waals surface area contributed by atoms with Gasteiger partial charge in [0.1, 0.15) is 0 Å². The van der Waals surface area contributed by atoms with Gasteiger partial charge in [-0.15, -0.1) is 0 Å². The van der Waals surface area contributed by atoms with E-state index in [1.54, 1.807) is 0 Å². The Kier molecular flexibility index (Phi) is 4.12. The highest BCUT2D eigenvalue weighted by Crippen LogP contribution is 2.16. The second-order valence-corrected chi connectivity index (χ2v) is 6.34. The highest BCUT2D eigenvalue weighted by molar-refractivity contribution is 6.81. The van der Waals surface area contributed by atoms with Crippen LogP contribution in [-0.2, 0) is 11.3 Å². The Bertz CT molecular complexity index is 907. The minimum atomic E-state index is -0.102. The van der Waals surface area contributed by atoms with E-state index in [2.05, 4.69) is 17.4 Å². The monoisotopic (exact) mass is 327 g/mol. The molecule has 0 saturated carbocycles. The van der Waals surface area contributed by atoms with Crippen molar-refractivity contribution in [2.24, 2.45) is 0 Å². The van der Waals surface area contributed by atoms with Gasteiger partial charge in [-0.3, -0.25) is 4.79 Å². The van der Waals surface area contributed by atoms with Crippen LogP contribution < -0.4 is 16.2 Å². The molecule has 1 amide bonds. The first kappa shape index (κ1) is 15.7. The Morgan fingerprint density at radius 2 is 1.76 bits per heavy atom. The number of amides is 1. The second kappa shape index (κ2) is 6.57.